The lowest BCUT2D eigenvalue weighted by atomic mass is 10.1. The van der Waals surface area contributed by atoms with Crippen molar-refractivity contribution in [3.05, 3.63) is 77.0 Å². The number of nitrogens with zero attached hydrogens (tertiary/aromatic N) is 3. The summed E-state index contributed by atoms with van der Waals surface area (Å²) in [6, 6.07) is 17.6. The Kier molecular flexibility index (Phi) is 4.57. The maximum absolute atomic E-state index is 12.5. The minimum absolute atomic E-state index is 0.204. The number of imidazole rings is 1. The van der Waals surface area contributed by atoms with Crippen LogP contribution in [-0.4, -0.2) is 26.6 Å². The Balaban J connectivity index is 1.67. The molecule has 0 aliphatic heterocycles. The highest BCUT2D eigenvalue weighted by atomic mass is 16.5. The van der Waals surface area contributed by atoms with Crippen molar-refractivity contribution in [2.75, 3.05) is 12.4 Å². The fraction of sp³-hybridized carbons (Fsp3) is 0.150. The molecule has 0 atom stereocenters. The number of para-hydroxylation sites is 2. The second-order valence-electron chi connectivity index (χ2n) is 6.06. The minimum Gasteiger partial charge on any atom is -0.495 e. The van der Waals surface area contributed by atoms with Crippen LogP contribution < -0.4 is 15.7 Å². The van der Waals surface area contributed by atoms with E-state index in [0.29, 0.717) is 29.3 Å². The molecule has 2 N–H and O–H groups in total. The maximum Gasteiger partial charge on any atom is 0.327 e. The number of fused-ring (bicyclic) bond motifs is 1. The molecule has 4 aromatic rings. The normalized spacial score (nSPS) is 10.9. The van der Waals surface area contributed by atoms with Crippen LogP contribution in [0, 0.1) is 0 Å². The van der Waals surface area contributed by atoms with Gasteiger partial charge in [-0.05, 0) is 24.1 Å². The number of hydrogen-bond donors (Lipinski definition) is 2. The van der Waals surface area contributed by atoms with E-state index in [1.54, 1.807) is 11.7 Å². The van der Waals surface area contributed by atoms with Gasteiger partial charge < -0.3 is 15.0 Å². The third-order valence-corrected chi connectivity index (χ3v) is 4.39. The predicted octanol–water partition coefficient (Wildman–Crippen LogP) is 3.11. The molecule has 2 heterocycles. The van der Waals surface area contributed by atoms with Crippen LogP contribution in [-0.2, 0) is 13.0 Å². The van der Waals surface area contributed by atoms with Gasteiger partial charge in [0.1, 0.15) is 17.6 Å². The van der Waals surface area contributed by atoms with Crippen LogP contribution in [0.25, 0.3) is 11.2 Å². The highest BCUT2D eigenvalue weighted by molar-refractivity contribution is 5.85. The van der Waals surface area contributed by atoms with Crippen LogP contribution in [0.2, 0.25) is 0 Å². The van der Waals surface area contributed by atoms with Gasteiger partial charge in [-0.25, -0.2) is 14.8 Å². The first-order chi connectivity index (χ1) is 13.3. The van der Waals surface area contributed by atoms with Gasteiger partial charge in [-0.2, -0.15) is 0 Å². The molecule has 2 aromatic heterocycles. The van der Waals surface area contributed by atoms with Crippen molar-refractivity contribution < 1.29 is 4.74 Å². The van der Waals surface area contributed by atoms with Gasteiger partial charge in [0, 0.05) is 6.54 Å². The summed E-state index contributed by atoms with van der Waals surface area (Å²) in [7, 11) is 1.61. The Bertz CT molecular complexity index is 1120. The van der Waals surface area contributed by atoms with E-state index in [2.05, 4.69) is 20.3 Å². The summed E-state index contributed by atoms with van der Waals surface area (Å²) >= 11 is 0. The highest BCUT2D eigenvalue weighted by Gasteiger charge is 2.14. The molecule has 0 fully saturated rings. The molecule has 2 aromatic carbocycles. The lowest BCUT2D eigenvalue weighted by Gasteiger charge is -2.10. The largest absolute Gasteiger partial charge is 0.495 e. The third-order valence-electron chi connectivity index (χ3n) is 4.39. The van der Waals surface area contributed by atoms with Crippen molar-refractivity contribution in [2.24, 2.45) is 0 Å². The molecule has 27 heavy (non-hydrogen) atoms. The maximum atomic E-state index is 12.5. The van der Waals surface area contributed by atoms with E-state index in [0.717, 1.165) is 12.1 Å². The molecule has 4 rings (SSSR count). The summed E-state index contributed by atoms with van der Waals surface area (Å²) in [5, 5.41) is 3.22. The molecule has 7 nitrogen and oxygen atoms in total. The average molecular weight is 361 g/mol. The fourth-order valence-electron chi connectivity index (χ4n) is 3.03. The Morgan fingerprint density at radius 1 is 1.07 bits per heavy atom. The van der Waals surface area contributed by atoms with E-state index in [1.165, 1.54) is 11.9 Å². The molecule has 0 saturated carbocycles. The Morgan fingerprint density at radius 3 is 2.67 bits per heavy atom. The first kappa shape index (κ1) is 16.8. The minimum atomic E-state index is -0.204. The summed E-state index contributed by atoms with van der Waals surface area (Å²) < 4.78 is 7.00. The van der Waals surface area contributed by atoms with Crippen LogP contribution in [0.1, 0.15) is 5.56 Å². The second kappa shape index (κ2) is 7.33. The van der Waals surface area contributed by atoms with Crippen LogP contribution in [0.4, 0.5) is 11.5 Å². The summed E-state index contributed by atoms with van der Waals surface area (Å²) in [6.07, 6.45) is 2.19. The molecule has 0 unspecified atom stereocenters. The number of nitrogens with one attached hydrogen (secondary N) is 2. The van der Waals surface area contributed by atoms with Crippen molar-refractivity contribution in [1.82, 2.24) is 19.5 Å². The van der Waals surface area contributed by atoms with Gasteiger partial charge in [-0.3, -0.25) is 4.57 Å². The first-order valence-corrected chi connectivity index (χ1v) is 8.64. The van der Waals surface area contributed by atoms with Crippen LogP contribution in [0.3, 0.4) is 0 Å². The van der Waals surface area contributed by atoms with E-state index in [9.17, 15) is 4.79 Å². The number of benzene rings is 2. The number of H-pyrrole nitrogens is 1. The van der Waals surface area contributed by atoms with Gasteiger partial charge in [0.25, 0.3) is 0 Å². The number of hydrogen-bond acceptors (Lipinski definition) is 5. The van der Waals surface area contributed by atoms with E-state index in [4.69, 9.17) is 4.74 Å². The topological polar surface area (TPSA) is 84.8 Å². The number of aromatic nitrogens is 4. The number of rotatable bonds is 6. The van der Waals surface area contributed by atoms with Crippen molar-refractivity contribution in [3.63, 3.8) is 0 Å². The van der Waals surface area contributed by atoms with E-state index in [-0.39, 0.29) is 5.69 Å². The molecule has 0 saturated heterocycles. The Morgan fingerprint density at radius 2 is 1.85 bits per heavy atom. The Labute approximate surface area is 155 Å². The molecule has 7 heteroatoms. The van der Waals surface area contributed by atoms with Gasteiger partial charge in [-0.15, -0.1) is 0 Å². The molecule has 0 bridgehead atoms. The molecular weight excluding hydrogens is 342 g/mol. The zero-order chi connectivity index (χ0) is 18.6. The summed E-state index contributed by atoms with van der Waals surface area (Å²) in [6.45, 7) is 0.536. The smallest absolute Gasteiger partial charge is 0.327 e. The third kappa shape index (κ3) is 3.39. The zero-order valence-corrected chi connectivity index (χ0v) is 14.8. The van der Waals surface area contributed by atoms with Gasteiger partial charge >= 0.3 is 5.69 Å². The first-order valence-electron chi connectivity index (χ1n) is 8.64. The lowest BCUT2D eigenvalue weighted by Crippen LogP contribution is -2.18. The van der Waals surface area contributed by atoms with E-state index < -0.39 is 0 Å². The van der Waals surface area contributed by atoms with E-state index >= 15 is 0 Å². The van der Waals surface area contributed by atoms with Crippen LogP contribution >= 0.6 is 0 Å². The van der Waals surface area contributed by atoms with Crippen molar-refractivity contribution in [2.45, 2.75) is 13.0 Å². The molecule has 0 amide bonds. The van der Waals surface area contributed by atoms with Crippen molar-refractivity contribution in [3.8, 4) is 5.75 Å². The number of methoxy groups -OCH3 is 1. The number of ether oxygens (including phenoxy) is 1. The summed E-state index contributed by atoms with van der Waals surface area (Å²) in [5.41, 5.74) is 2.87. The van der Waals surface area contributed by atoms with Crippen molar-refractivity contribution >= 4 is 22.7 Å². The molecule has 136 valence electrons. The average Bonchev–Trinajstić information content (AvgIpc) is 3.04. The van der Waals surface area contributed by atoms with Crippen LogP contribution in [0.5, 0.6) is 5.75 Å². The quantitative estimate of drug-likeness (QED) is 0.551. The SMILES string of the molecule is COc1ccccc1Nc1ncnc2c1[nH]c(=O)n2CCc1ccccc1. The molecule has 0 aliphatic carbocycles. The number of anilines is 2. The fourth-order valence-corrected chi connectivity index (χ4v) is 3.03. The lowest BCUT2D eigenvalue weighted by molar-refractivity contribution is 0.417. The Hall–Kier alpha value is -3.61. The van der Waals surface area contributed by atoms with Crippen LogP contribution in [0.15, 0.2) is 65.7 Å². The monoisotopic (exact) mass is 361 g/mol. The predicted molar refractivity (Wildman–Crippen MR) is 105 cm³/mol. The van der Waals surface area contributed by atoms with Gasteiger partial charge in [-0.1, -0.05) is 42.5 Å². The van der Waals surface area contributed by atoms with Gasteiger partial charge in [0.05, 0.1) is 12.8 Å². The molecule has 0 spiro atoms. The zero-order valence-electron chi connectivity index (χ0n) is 14.8. The highest BCUT2D eigenvalue weighted by Crippen LogP contribution is 2.28. The van der Waals surface area contributed by atoms with E-state index in [1.807, 2.05) is 54.6 Å². The molecular formula is C20H19N5O2. The molecule has 0 radical (unpaired) electrons. The number of aromatic amines is 1. The van der Waals surface area contributed by atoms with Gasteiger partial charge in [0.15, 0.2) is 11.5 Å². The van der Waals surface area contributed by atoms with Crippen molar-refractivity contribution in [1.29, 1.82) is 0 Å². The standard InChI is InChI=1S/C20H19N5O2/c1-27-16-10-6-5-9-15(16)23-18-17-19(22-13-21-18)25(20(26)24-17)12-11-14-7-3-2-4-8-14/h2-10,13H,11-12H2,1H3,(H,24,26)(H,21,22,23). The second-order valence-corrected chi connectivity index (χ2v) is 6.06. The summed E-state index contributed by atoms with van der Waals surface area (Å²) in [4.78, 5) is 23.9. The van der Waals surface area contributed by atoms with Gasteiger partial charge in [0.2, 0.25) is 0 Å². The summed E-state index contributed by atoms with van der Waals surface area (Å²) in [5.74, 6) is 1.22. The molecule has 0 aliphatic rings. The number of aryl methyl sites for hydroxylation is 2.